The Morgan fingerprint density at radius 1 is 1.39 bits per heavy atom. The van der Waals surface area contributed by atoms with Crippen LogP contribution in [0.5, 0.6) is 5.75 Å². The van der Waals surface area contributed by atoms with Gasteiger partial charge in [-0.25, -0.2) is 0 Å². The molecule has 1 aromatic rings. The second kappa shape index (κ2) is 6.78. The lowest BCUT2D eigenvalue weighted by Crippen LogP contribution is -2.44. The van der Waals surface area contributed by atoms with Crippen LogP contribution in [0.1, 0.15) is 36.0 Å². The van der Waals surface area contributed by atoms with Crippen molar-refractivity contribution in [2.75, 3.05) is 13.7 Å². The Kier molecular flexibility index (Phi) is 5.19. The molecule has 4 nitrogen and oxygen atoms in total. The number of carboxylic acid groups (broad SMARTS) is 1. The summed E-state index contributed by atoms with van der Waals surface area (Å²) in [5.74, 6) is -0.586. The molecule has 0 bridgehead atoms. The molecule has 1 heterocycles. The summed E-state index contributed by atoms with van der Waals surface area (Å²) in [6.45, 7) is 2.06. The van der Waals surface area contributed by atoms with Gasteiger partial charge in [-0.2, -0.15) is 13.2 Å². The number of hydrogen-bond donors (Lipinski definition) is 1. The van der Waals surface area contributed by atoms with Crippen LogP contribution >= 0.6 is 0 Å². The molecular weight excluding hydrogens is 311 g/mol. The van der Waals surface area contributed by atoms with E-state index in [0.717, 1.165) is 18.9 Å². The molecule has 1 fully saturated rings. The maximum absolute atomic E-state index is 13.1. The molecule has 23 heavy (non-hydrogen) atoms. The first kappa shape index (κ1) is 17.6. The molecule has 0 aliphatic carbocycles. The molecule has 0 aromatic heterocycles. The molecule has 0 unspecified atom stereocenters. The molecule has 2 rings (SSSR count). The maximum Gasteiger partial charge on any atom is 0.416 e. The lowest BCUT2D eigenvalue weighted by molar-refractivity contribution is -0.145. The Morgan fingerprint density at radius 3 is 2.65 bits per heavy atom. The molecule has 0 spiro atoms. The average Bonchev–Trinajstić information content (AvgIpc) is 2.47. The molecule has 0 amide bonds. The normalized spacial score (nSPS) is 19.6. The number of methoxy groups -OCH3 is 1. The zero-order valence-corrected chi connectivity index (χ0v) is 13.1. The van der Waals surface area contributed by atoms with Crippen molar-refractivity contribution in [3.63, 3.8) is 0 Å². The molecular formula is C16H20F3NO3. The van der Waals surface area contributed by atoms with Crippen LogP contribution in [0.4, 0.5) is 13.2 Å². The van der Waals surface area contributed by atoms with Crippen molar-refractivity contribution >= 4 is 5.97 Å². The smallest absolute Gasteiger partial charge is 0.416 e. The van der Waals surface area contributed by atoms with Crippen LogP contribution < -0.4 is 4.74 Å². The number of aryl methyl sites for hydroxylation is 1. The molecule has 128 valence electrons. The van der Waals surface area contributed by atoms with E-state index >= 15 is 0 Å². The fraction of sp³-hybridized carbons (Fsp3) is 0.562. The zero-order chi connectivity index (χ0) is 17.2. The van der Waals surface area contributed by atoms with Gasteiger partial charge in [-0.05, 0) is 44.0 Å². The number of likely N-dealkylation sites (tertiary alicyclic amines) is 1. The monoisotopic (exact) mass is 331 g/mol. The van der Waals surface area contributed by atoms with Gasteiger partial charge in [0.05, 0.1) is 12.7 Å². The quantitative estimate of drug-likeness (QED) is 0.918. The van der Waals surface area contributed by atoms with Gasteiger partial charge in [-0.3, -0.25) is 9.69 Å². The van der Waals surface area contributed by atoms with Crippen LogP contribution in [0.3, 0.4) is 0 Å². The van der Waals surface area contributed by atoms with Gasteiger partial charge in [0, 0.05) is 12.1 Å². The Labute approximate surface area is 132 Å². The Balaban J connectivity index is 2.35. The Hall–Kier alpha value is -1.76. The topological polar surface area (TPSA) is 49.8 Å². The first-order chi connectivity index (χ1) is 10.7. The summed E-state index contributed by atoms with van der Waals surface area (Å²) in [6, 6.07) is 1.77. The molecule has 0 saturated carbocycles. The molecule has 1 aliphatic rings. The van der Waals surface area contributed by atoms with E-state index in [1.807, 2.05) is 0 Å². The summed E-state index contributed by atoms with van der Waals surface area (Å²) in [7, 11) is 1.40. The number of piperidine rings is 1. The van der Waals surface area contributed by atoms with E-state index in [-0.39, 0.29) is 12.1 Å². The van der Waals surface area contributed by atoms with Crippen molar-refractivity contribution < 1.29 is 27.8 Å². The SMILES string of the molecule is COc1cc(C)c(C(F)(F)F)cc1CN1CCCC[C@H]1C(=O)O. The number of ether oxygens (including phenoxy) is 1. The number of carbonyl (C=O) groups is 1. The van der Waals surface area contributed by atoms with Crippen molar-refractivity contribution in [1.29, 1.82) is 0 Å². The minimum absolute atomic E-state index is 0.0894. The average molecular weight is 331 g/mol. The van der Waals surface area contributed by atoms with E-state index in [9.17, 15) is 23.1 Å². The maximum atomic E-state index is 13.1. The summed E-state index contributed by atoms with van der Waals surface area (Å²) in [6.07, 6.45) is -2.29. The molecule has 7 heteroatoms. The Morgan fingerprint density at radius 2 is 2.09 bits per heavy atom. The zero-order valence-electron chi connectivity index (χ0n) is 13.1. The number of hydrogen-bond acceptors (Lipinski definition) is 3. The molecule has 1 atom stereocenters. The minimum atomic E-state index is -4.45. The third-order valence-electron chi connectivity index (χ3n) is 4.20. The first-order valence-electron chi connectivity index (χ1n) is 7.45. The van der Waals surface area contributed by atoms with Gasteiger partial charge in [0.2, 0.25) is 0 Å². The van der Waals surface area contributed by atoms with E-state index < -0.39 is 23.8 Å². The predicted molar refractivity (Wildman–Crippen MR) is 78.4 cm³/mol. The molecule has 1 N–H and O–H groups in total. The van der Waals surface area contributed by atoms with Crippen LogP contribution in [-0.2, 0) is 17.5 Å². The predicted octanol–water partition coefficient (Wildman–Crippen LogP) is 3.46. The van der Waals surface area contributed by atoms with Crippen molar-refractivity contribution in [2.45, 2.75) is 44.9 Å². The van der Waals surface area contributed by atoms with E-state index in [2.05, 4.69) is 0 Å². The highest BCUT2D eigenvalue weighted by Gasteiger charge is 2.34. The highest BCUT2D eigenvalue weighted by atomic mass is 19.4. The highest BCUT2D eigenvalue weighted by molar-refractivity contribution is 5.73. The van der Waals surface area contributed by atoms with Crippen molar-refractivity contribution in [3.05, 3.63) is 28.8 Å². The molecule has 0 radical (unpaired) electrons. The van der Waals surface area contributed by atoms with Gasteiger partial charge >= 0.3 is 12.1 Å². The Bertz CT molecular complexity index is 587. The minimum Gasteiger partial charge on any atom is -0.496 e. The first-order valence-corrected chi connectivity index (χ1v) is 7.45. The van der Waals surface area contributed by atoms with Crippen LogP contribution in [0.25, 0.3) is 0 Å². The lowest BCUT2D eigenvalue weighted by Gasteiger charge is -2.33. The molecule has 1 aromatic carbocycles. The van der Waals surface area contributed by atoms with E-state index in [1.165, 1.54) is 20.1 Å². The number of rotatable bonds is 4. The summed E-state index contributed by atoms with van der Waals surface area (Å²) >= 11 is 0. The van der Waals surface area contributed by atoms with Crippen LogP contribution in [0.15, 0.2) is 12.1 Å². The largest absolute Gasteiger partial charge is 0.496 e. The van der Waals surface area contributed by atoms with Crippen LogP contribution in [-0.4, -0.2) is 35.7 Å². The van der Waals surface area contributed by atoms with Gasteiger partial charge in [-0.15, -0.1) is 0 Å². The van der Waals surface area contributed by atoms with Gasteiger partial charge in [0.25, 0.3) is 0 Å². The van der Waals surface area contributed by atoms with Crippen LogP contribution in [0.2, 0.25) is 0 Å². The summed E-state index contributed by atoms with van der Waals surface area (Å²) in [5, 5.41) is 9.29. The second-order valence-electron chi connectivity index (χ2n) is 5.80. The second-order valence-corrected chi connectivity index (χ2v) is 5.80. The number of benzene rings is 1. The van der Waals surface area contributed by atoms with Gasteiger partial charge in [-0.1, -0.05) is 6.42 Å². The summed E-state index contributed by atoms with van der Waals surface area (Å²) < 4.78 is 44.5. The number of halogens is 3. The van der Waals surface area contributed by atoms with Crippen molar-refractivity contribution in [1.82, 2.24) is 4.90 Å². The standard InChI is InChI=1S/C16H20F3NO3/c1-10-7-14(23-2)11(8-12(10)16(17,18)19)9-20-6-4-3-5-13(20)15(21)22/h7-8,13H,3-6,9H2,1-2H3,(H,21,22)/t13-/m0/s1. The van der Waals surface area contributed by atoms with Gasteiger partial charge in [0.1, 0.15) is 11.8 Å². The van der Waals surface area contributed by atoms with E-state index in [0.29, 0.717) is 24.3 Å². The van der Waals surface area contributed by atoms with E-state index in [4.69, 9.17) is 4.74 Å². The summed E-state index contributed by atoms with van der Waals surface area (Å²) in [4.78, 5) is 13.0. The van der Waals surface area contributed by atoms with Crippen molar-refractivity contribution in [2.24, 2.45) is 0 Å². The van der Waals surface area contributed by atoms with Gasteiger partial charge in [0.15, 0.2) is 0 Å². The number of alkyl halides is 3. The fourth-order valence-electron chi connectivity index (χ4n) is 3.02. The number of aliphatic carboxylic acids is 1. The van der Waals surface area contributed by atoms with E-state index in [1.54, 1.807) is 4.90 Å². The molecule has 1 saturated heterocycles. The third-order valence-corrected chi connectivity index (χ3v) is 4.20. The fourth-order valence-corrected chi connectivity index (χ4v) is 3.02. The third kappa shape index (κ3) is 3.96. The lowest BCUT2D eigenvalue weighted by atomic mass is 9.99. The number of carboxylic acids is 1. The molecule has 1 aliphatic heterocycles. The highest BCUT2D eigenvalue weighted by Crippen LogP contribution is 2.36. The summed E-state index contributed by atoms with van der Waals surface area (Å²) in [5.41, 5.74) is -0.262. The van der Waals surface area contributed by atoms with Gasteiger partial charge < -0.3 is 9.84 Å². The van der Waals surface area contributed by atoms with Crippen molar-refractivity contribution in [3.8, 4) is 5.75 Å². The van der Waals surface area contributed by atoms with Crippen LogP contribution in [0, 0.1) is 6.92 Å². The number of nitrogens with zero attached hydrogens (tertiary/aromatic N) is 1.